The van der Waals surface area contributed by atoms with Crippen molar-refractivity contribution >= 4 is 27.5 Å². The van der Waals surface area contributed by atoms with Crippen molar-refractivity contribution in [2.24, 2.45) is 0 Å². The number of ether oxygens (including phenoxy) is 1. The molecule has 1 aromatic carbocycles. The summed E-state index contributed by atoms with van der Waals surface area (Å²) in [4.78, 5) is 31.6. The maximum absolute atomic E-state index is 12.7. The molecule has 146 valence electrons. The molecule has 3 aromatic rings. The van der Waals surface area contributed by atoms with E-state index in [0.29, 0.717) is 11.8 Å². The predicted molar refractivity (Wildman–Crippen MR) is 110 cm³/mol. The lowest BCUT2D eigenvalue weighted by Crippen LogP contribution is -2.42. The molecule has 0 saturated heterocycles. The van der Waals surface area contributed by atoms with Gasteiger partial charge >= 0.3 is 0 Å². The molecule has 0 radical (unpaired) electrons. The molecule has 1 N–H and O–H groups in total. The third-order valence-electron chi connectivity index (χ3n) is 4.94. The third-order valence-corrected chi connectivity index (χ3v) is 6.13. The zero-order chi connectivity index (χ0) is 19.9. The van der Waals surface area contributed by atoms with E-state index in [4.69, 9.17) is 4.74 Å². The number of rotatable bonds is 4. The zero-order valence-electron chi connectivity index (χ0n) is 16.2. The number of aryl methyl sites for hydroxylation is 1. The zero-order valence-corrected chi connectivity index (χ0v) is 17.0. The fourth-order valence-electron chi connectivity index (χ4n) is 3.62. The number of hydrogen-bond donors (Lipinski definition) is 1. The smallest absolute Gasteiger partial charge is 0.262 e. The Hall–Kier alpha value is -2.67. The summed E-state index contributed by atoms with van der Waals surface area (Å²) in [6.45, 7) is 6.00. The van der Waals surface area contributed by atoms with Crippen molar-refractivity contribution in [3.63, 3.8) is 0 Å². The van der Waals surface area contributed by atoms with Crippen molar-refractivity contribution in [3.8, 4) is 5.75 Å². The van der Waals surface area contributed by atoms with Crippen molar-refractivity contribution in [2.45, 2.75) is 51.8 Å². The van der Waals surface area contributed by atoms with Gasteiger partial charge in [-0.15, -0.1) is 11.3 Å². The minimum Gasteiger partial charge on any atom is -0.487 e. The van der Waals surface area contributed by atoms with Crippen molar-refractivity contribution in [1.82, 2.24) is 14.9 Å². The second-order valence-corrected chi connectivity index (χ2v) is 8.80. The number of carbonyl (C=O) groups is 1. The molecule has 6 nitrogen and oxygen atoms in total. The standard InChI is InChI=1S/C21H23N3O3S/c1-4-13-9-15-19(28-13)22-12-24(20(15)26)11-18(25)23-16-10-21(2,3)27-17-8-6-5-7-14(16)17/h5-9,12,16H,4,10-11H2,1-3H3,(H,23,25)/t16-/m1/s1. The molecule has 7 heteroatoms. The highest BCUT2D eigenvalue weighted by atomic mass is 32.1. The maximum Gasteiger partial charge on any atom is 0.262 e. The number of thiophene rings is 1. The molecule has 0 saturated carbocycles. The summed E-state index contributed by atoms with van der Waals surface area (Å²) in [5.74, 6) is 0.571. The second-order valence-electron chi connectivity index (χ2n) is 7.69. The van der Waals surface area contributed by atoms with Gasteiger partial charge in [-0.25, -0.2) is 4.98 Å². The molecular weight excluding hydrogens is 374 g/mol. The van der Waals surface area contributed by atoms with Crippen LogP contribution in [0, 0.1) is 0 Å². The molecule has 0 aliphatic carbocycles. The molecule has 3 heterocycles. The van der Waals surface area contributed by atoms with Gasteiger partial charge in [-0.2, -0.15) is 0 Å². The molecule has 4 rings (SSSR count). The number of hydrogen-bond acceptors (Lipinski definition) is 5. The monoisotopic (exact) mass is 397 g/mol. The highest BCUT2D eigenvalue weighted by Crippen LogP contribution is 2.39. The van der Waals surface area contributed by atoms with Crippen LogP contribution in [-0.2, 0) is 17.8 Å². The van der Waals surface area contributed by atoms with Crippen LogP contribution < -0.4 is 15.6 Å². The number of carbonyl (C=O) groups excluding carboxylic acids is 1. The summed E-state index contributed by atoms with van der Waals surface area (Å²) in [7, 11) is 0. The Bertz CT molecular complexity index is 1100. The molecule has 0 spiro atoms. The highest BCUT2D eigenvalue weighted by molar-refractivity contribution is 7.18. The number of benzene rings is 1. The SMILES string of the molecule is CCc1cc2c(=O)n(CC(=O)N[C@@H]3CC(C)(C)Oc4ccccc43)cnc2s1. The first kappa shape index (κ1) is 18.7. The van der Waals surface area contributed by atoms with Crippen molar-refractivity contribution in [2.75, 3.05) is 0 Å². The molecule has 1 atom stereocenters. The molecule has 1 aliphatic heterocycles. The fourth-order valence-corrected chi connectivity index (χ4v) is 4.55. The molecule has 2 aromatic heterocycles. The fraction of sp³-hybridized carbons (Fsp3) is 0.381. The van der Waals surface area contributed by atoms with E-state index in [-0.39, 0.29) is 29.7 Å². The molecule has 0 fully saturated rings. The van der Waals surface area contributed by atoms with Gasteiger partial charge in [0.2, 0.25) is 5.91 Å². The summed E-state index contributed by atoms with van der Waals surface area (Å²) >= 11 is 1.52. The molecule has 28 heavy (non-hydrogen) atoms. The predicted octanol–water partition coefficient (Wildman–Crippen LogP) is 3.44. The van der Waals surface area contributed by atoms with Crippen LogP contribution in [0.5, 0.6) is 5.75 Å². The lowest BCUT2D eigenvalue weighted by Gasteiger charge is -2.37. The average molecular weight is 398 g/mol. The van der Waals surface area contributed by atoms with E-state index in [0.717, 1.165) is 27.4 Å². The van der Waals surface area contributed by atoms with Gasteiger partial charge in [-0.1, -0.05) is 25.1 Å². The van der Waals surface area contributed by atoms with Crippen molar-refractivity contribution in [3.05, 3.63) is 57.5 Å². The van der Waals surface area contributed by atoms with E-state index in [9.17, 15) is 9.59 Å². The lowest BCUT2D eigenvalue weighted by molar-refractivity contribution is -0.123. The van der Waals surface area contributed by atoms with Crippen LogP contribution in [0.2, 0.25) is 0 Å². The largest absolute Gasteiger partial charge is 0.487 e. The number of nitrogens with one attached hydrogen (secondary N) is 1. The first-order valence-electron chi connectivity index (χ1n) is 9.41. The number of aromatic nitrogens is 2. The van der Waals surface area contributed by atoms with Crippen LogP contribution >= 0.6 is 11.3 Å². The summed E-state index contributed by atoms with van der Waals surface area (Å²) in [6, 6.07) is 9.45. The quantitative estimate of drug-likeness (QED) is 0.732. The topological polar surface area (TPSA) is 73.2 Å². The minimum absolute atomic E-state index is 0.0565. The van der Waals surface area contributed by atoms with Gasteiger partial charge in [0, 0.05) is 16.9 Å². The normalized spacial score (nSPS) is 17.8. The van der Waals surface area contributed by atoms with E-state index < -0.39 is 0 Å². The third kappa shape index (κ3) is 3.54. The Labute approximate surface area is 167 Å². The number of nitrogens with zero attached hydrogens (tertiary/aromatic N) is 2. The van der Waals surface area contributed by atoms with Crippen molar-refractivity contribution < 1.29 is 9.53 Å². The van der Waals surface area contributed by atoms with Gasteiger partial charge in [0.1, 0.15) is 22.7 Å². The highest BCUT2D eigenvalue weighted by Gasteiger charge is 2.34. The minimum atomic E-state index is -0.378. The van der Waals surface area contributed by atoms with Gasteiger partial charge in [-0.05, 0) is 32.4 Å². The molecule has 1 aliphatic rings. The Morgan fingerprint density at radius 3 is 2.96 bits per heavy atom. The van der Waals surface area contributed by atoms with Gasteiger partial charge in [-0.3, -0.25) is 14.2 Å². The lowest BCUT2D eigenvalue weighted by atomic mass is 9.89. The first-order valence-corrected chi connectivity index (χ1v) is 10.2. The number of amides is 1. The Morgan fingerprint density at radius 2 is 2.18 bits per heavy atom. The van der Waals surface area contributed by atoms with Crippen LogP contribution in [0.15, 0.2) is 41.5 Å². The van der Waals surface area contributed by atoms with Crippen LogP contribution in [0.3, 0.4) is 0 Å². The van der Waals surface area contributed by atoms with Gasteiger partial charge in [0.15, 0.2) is 0 Å². The number of fused-ring (bicyclic) bond motifs is 2. The Balaban J connectivity index is 1.56. The molecule has 0 unspecified atom stereocenters. The van der Waals surface area contributed by atoms with E-state index in [1.165, 1.54) is 22.2 Å². The van der Waals surface area contributed by atoms with Gasteiger partial charge < -0.3 is 10.1 Å². The maximum atomic E-state index is 12.7. The molecule has 0 bridgehead atoms. The van der Waals surface area contributed by atoms with Crippen LogP contribution in [-0.4, -0.2) is 21.1 Å². The van der Waals surface area contributed by atoms with E-state index >= 15 is 0 Å². The first-order chi connectivity index (χ1) is 13.4. The summed E-state index contributed by atoms with van der Waals surface area (Å²) in [5, 5.41) is 3.65. The Kier molecular flexibility index (Phi) is 4.71. The van der Waals surface area contributed by atoms with Crippen LogP contribution in [0.4, 0.5) is 0 Å². The Morgan fingerprint density at radius 1 is 1.39 bits per heavy atom. The number of para-hydroxylation sites is 1. The summed E-state index contributed by atoms with van der Waals surface area (Å²) in [6.07, 6.45) is 2.98. The van der Waals surface area contributed by atoms with Crippen LogP contribution in [0.1, 0.15) is 43.7 Å². The van der Waals surface area contributed by atoms with Crippen LogP contribution in [0.25, 0.3) is 10.2 Å². The summed E-state index contributed by atoms with van der Waals surface area (Å²) in [5.41, 5.74) is 0.405. The van der Waals surface area contributed by atoms with Gasteiger partial charge in [0.25, 0.3) is 5.56 Å². The average Bonchev–Trinajstić information content (AvgIpc) is 3.07. The van der Waals surface area contributed by atoms with Gasteiger partial charge in [0.05, 0.1) is 17.8 Å². The van der Waals surface area contributed by atoms with Crippen molar-refractivity contribution in [1.29, 1.82) is 0 Å². The van der Waals surface area contributed by atoms with E-state index in [1.54, 1.807) is 0 Å². The van der Waals surface area contributed by atoms with E-state index in [1.807, 2.05) is 51.1 Å². The second kappa shape index (κ2) is 7.05. The summed E-state index contributed by atoms with van der Waals surface area (Å²) < 4.78 is 7.39. The molecule has 1 amide bonds. The van der Waals surface area contributed by atoms with E-state index in [2.05, 4.69) is 10.3 Å². The molecular formula is C21H23N3O3S.